The van der Waals surface area contributed by atoms with E-state index in [4.69, 9.17) is 11.8 Å². The first-order valence-electron chi connectivity index (χ1n) is 2.91. The monoisotopic (exact) mass is 167 g/mol. The summed E-state index contributed by atoms with van der Waals surface area (Å²) in [6.07, 6.45) is 5.03. The second-order valence-corrected chi connectivity index (χ2v) is 6.52. The van der Waals surface area contributed by atoms with Gasteiger partial charge in [0.15, 0.2) is 11.8 Å². The third kappa shape index (κ3) is 6.87. The maximum atomic E-state index is 4.92. The number of unbranched alkanes of at least 4 members (excludes halogenated alkanes) is 2. The number of hydrogen-bond acceptors (Lipinski definition) is 1. The molecule has 0 aromatic heterocycles. The van der Waals surface area contributed by atoms with E-state index in [9.17, 15) is 0 Å². The number of rotatable bonds is 4. The third-order valence-corrected chi connectivity index (χ3v) is 2.80. The van der Waals surface area contributed by atoms with Gasteiger partial charge in [0.05, 0.1) is 12.2 Å². The fraction of sp³-hybridized carbons (Fsp3) is 1.00. The molecule has 0 N–H and O–H groups in total. The van der Waals surface area contributed by atoms with Gasteiger partial charge < -0.3 is 0 Å². The summed E-state index contributed by atoms with van der Waals surface area (Å²) in [5.74, 6) is -0.334. The summed E-state index contributed by atoms with van der Waals surface area (Å²) in [6.45, 7) is 2.20. The van der Waals surface area contributed by atoms with Gasteiger partial charge in [-0.05, 0) is 12.8 Å². The Morgan fingerprint density at radius 3 is 2.50 bits per heavy atom. The van der Waals surface area contributed by atoms with Crippen molar-refractivity contribution in [1.82, 2.24) is 0 Å². The fourth-order valence-corrected chi connectivity index (χ4v) is 1.80. The van der Waals surface area contributed by atoms with Gasteiger partial charge in [-0.1, -0.05) is 13.3 Å². The zero-order valence-corrected chi connectivity index (χ0v) is 7.74. The van der Waals surface area contributed by atoms with Crippen LogP contribution in [0.25, 0.3) is 0 Å². The highest BCUT2D eigenvalue weighted by molar-refractivity contribution is 8.56. The Bertz CT molecular complexity index is 72.8. The molecule has 0 rings (SSSR count). The molecule has 0 saturated carbocycles. The fourth-order valence-electron chi connectivity index (χ4n) is 0.497. The minimum absolute atomic E-state index is 0.334. The van der Waals surface area contributed by atoms with Gasteiger partial charge in [-0.25, -0.2) is 0 Å². The van der Waals surface area contributed by atoms with Crippen LogP contribution >= 0.6 is 18.1 Å². The largest absolute Gasteiger partial charge is 0.241 e. The molecule has 0 radical (unpaired) electrons. The molecule has 0 spiro atoms. The number of hydrogen-bond donors (Lipinski definition) is 1. The standard InChI is InChI=1S/C5H11PS2/c1-2-3-4-5-6(7)8/h2-5H2,1H3/p+1. The Morgan fingerprint density at radius 1 is 1.50 bits per heavy atom. The van der Waals surface area contributed by atoms with E-state index in [0.29, 0.717) is 0 Å². The first-order chi connectivity index (χ1) is 3.77. The van der Waals surface area contributed by atoms with E-state index >= 15 is 0 Å². The van der Waals surface area contributed by atoms with Gasteiger partial charge in [-0.3, -0.25) is 0 Å². The Hall–Kier alpha value is 0.870. The van der Waals surface area contributed by atoms with Crippen molar-refractivity contribution in [2.24, 2.45) is 0 Å². The Labute approximate surface area is 62.6 Å². The van der Waals surface area contributed by atoms with Gasteiger partial charge >= 0.3 is 0 Å². The topological polar surface area (TPSA) is 0 Å². The molecular weight excluding hydrogens is 155 g/mol. The normalized spacial score (nSPS) is 11.5. The van der Waals surface area contributed by atoms with E-state index in [1.165, 1.54) is 19.3 Å². The highest BCUT2D eigenvalue weighted by atomic mass is 32.9. The van der Waals surface area contributed by atoms with Crippen LogP contribution in [-0.4, -0.2) is 6.16 Å². The van der Waals surface area contributed by atoms with E-state index in [0.717, 1.165) is 6.16 Å². The van der Waals surface area contributed by atoms with Crippen LogP contribution in [-0.2, 0) is 11.8 Å². The summed E-state index contributed by atoms with van der Waals surface area (Å²) in [5, 5.41) is 0. The first-order valence-corrected chi connectivity index (χ1v) is 6.60. The lowest BCUT2D eigenvalue weighted by Gasteiger charge is -1.85. The number of thiol groups is 1. The molecule has 0 aromatic carbocycles. The van der Waals surface area contributed by atoms with Crippen LogP contribution < -0.4 is 0 Å². The molecule has 0 amide bonds. The molecule has 1 atom stereocenters. The van der Waals surface area contributed by atoms with Gasteiger partial charge in [-0.15, -0.1) is 0 Å². The van der Waals surface area contributed by atoms with Crippen LogP contribution in [0.4, 0.5) is 0 Å². The van der Waals surface area contributed by atoms with Crippen molar-refractivity contribution >= 4 is 30.0 Å². The molecule has 1 unspecified atom stereocenters. The Morgan fingerprint density at radius 2 is 2.12 bits per heavy atom. The zero-order chi connectivity index (χ0) is 6.41. The van der Waals surface area contributed by atoms with Crippen molar-refractivity contribution in [1.29, 1.82) is 0 Å². The van der Waals surface area contributed by atoms with Gasteiger partial charge in [0.2, 0.25) is 5.90 Å². The second-order valence-electron chi connectivity index (χ2n) is 1.78. The quantitative estimate of drug-likeness (QED) is 0.381. The van der Waals surface area contributed by atoms with Crippen LogP contribution in [0.15, 0.2) is 0 Å². The van der Waals surface area contributed by atoms with Gasteiger partial charge in [0.1, 0.15) is 6.16 Å². The second kappa shape index (κ2) is 6.00. The van der Waals surface area contributed by atoms with E-state index in [2.05, 4.69) is 19.2 Å². The molecule has 0 heterocycles. The average molecular weight is 167 g/mol. The maximum absolute atomic E-state index is 4.92. The van der Waals surface area contributed by atoms with Crippen molar-refractivity contribution < 1.29 is 0 Å². The Balaban J connectivity index is 2.82. The zero-order valence-electron chi connectivity index (χ0n) is 5.13. The van der Waals surface area contributed by atoms with Crippen molar-refractivity contribution in [3.05, 3.63) is 0 Å². The molecule has 0 aliphatic heterocycles. The third-order valence-electron chi connectivity index (χ3n) is 0.953. The molecule has 0 aliphatic carbocycles. The highest BCUT2D eigenvalue weighted by Crippen LogP contribution is 2.27. The van der Waals surface area contributed by atoms with Crippen LogP contribution in [0.3, 0.4) is 0 Å². The van der Waals surface area contributed by atoms with Crippen LogP contribution in [0.2, 0.25) is 0 Å². The van der Waals surface area contributed by atoms with Crippen molar-refractivity contribution in [3.8, 4) is 0 Å². The molecule has 0 aliphatic rings. The maximum Gasteiger partial charge on any atom is 0.241 e. The van der Waals surface area contributed by atoms with Gasteiger partial charge in [-0.2, -0.15) is 0 Å². The summed E-state index contributed by atoms with van der Waals surface area (Å²) < 4.78 is 0. The molecule has 0 fully saturated rings. The predicted octanol–water partition coefficient (Wildman–Crippen LogP) is 2.97. The lowest BCUT2D eigenvalue weighted by atomic mass is 10.3. The summed E-state index contributed by atoms with van der Waals surface area (Å²) in [5.41, 5.74) is 0. The Kier molecular flexibility index (Phi) is 6.65. The first kappa shape index (κ1) is 8.87. The lowest BCUT2D eigenvalue weighted by molar-refractivity contribution is 0.778. The summed E-state index contributed by atoms with van der Waals surface area (Å²) >= 11 is 9.07. The van der Waals surface area contributed by atoms with Gasteiger partial charge in [0.25, 0.3) is 0 Å². The molecule has 0 bridgehead atoms. The smallest absolute Gasteiger partial charge is 0.0654 e. The highest BCUT2D eigenvalue weighted by Gasteiger charge is 1.99. The SMILES string of the molecule is CCCCC[P+](=S)S. The molecule has 0 saturated heterocycles. The van der Waals surface area contributed by atoms with E-state index < -0.39 is 0 Å². The molecule has 0 nitrogen and oxygen atoms in total. The van der Waals surface area contributed by atoms with Crippen molar-refractivity contribution in [2.45, 2.75) is 26.2 Å². The lowest BCUT2D eigenvalue weighted by Crippen LogP contribution is -1.73. The van der Waals surface area contributed by atoms with Crippen molar-refractivity contribution in [3.63, 3.8) is 0 Å². The molecule has 0 aromatic rings. The molecule has 48 valence electrons. The summed E-state index contributed by atoms with van der Waals surface area (Å²) in [4.78, 5) is 0. The van der Waals surface area contributed by atoms with E-state index in [1.807, 2.05) is 0 Å². The van der Waals surface area contributed by atoms with Crippen LogP contribution in [0.5, 0.6) is 0 Å². The van der Waals surface area contributed by atoms with Gasteiger partial charge in [0, 0.05) is 0 Å². The van der Waals surface area contributed by atoms with Crippen LogP contribution in [0, 0.1) is 0 Å². The molecule has 8 heavy (non-hydrogen) atoms. The average Bonchev–Trinajstić information content (AvgIpc) is 1.66. The summed E-state index contributed by atoms with van der Waals surface area (Å²) in [6, 6.07) is 0. The van der Waals surface area contributed by atoms with Crippen LogP contribution in [0.1, 0.15) is 26.2 Å². The molecular formula is C5H12PS2+. The van der Waals surface area contributed by atoms with E-state index in [1.54, 1.807) is 0 Å². The minimum atomic E-state index is -0.334. The van der Waals surface area contributed by atoms with E-state index in [-0.39, 0.29) is 5.90 Å². The van der Waals surface area contributed by atoms with Crippen molar-refractivity contribution in [2.75, 3.05) is 6.16 Å². The molecule has 3 heteroatoms. The predicted molar refractivity (Wildman–Crippen MR) is 47.7 cm³/mol. The minimum Gasteiger partial charge on any atom is -0.0654 e. The summed E-state index contributed by atoms with van der Waals surface area (Å²) in [7, 11) is 0.